The van der Waals surface area contributed by atoms with E-state index in [2.05, 4.69) is 37.9 Å². The molecule has 3 unspecified atom stereocenters. The summed E-state index contributed by atoms with van der Waals surface area (Å²) in [5.41, 5.74) is -0.574. The van der Waals surface area contributed by atoms with Crippen LogP contribution in [0.2, 0.25) is 0 Å². The van der Waals surface area contributed by atoms with Crippen LogP contribution in [0.25, 0.3) is 0 Å². The Morgan fingerprint density at radius 2 is 2.10 bits per heavy atom. The van der Waals surface area contributed by atoms with Crippen LogP contribution in [0.3, 0.4) is 0 Å². The van der Waals surface area contributed by atoms with Crippen molar-refractivity contribution in [3.05, 3.63) is 0 Å². The Bertz CT molecular complexity index is 333. The van der Waals surface area contributed by atoms with E-state index in [1.54, 1.807) is 0 Å². The average Bonchev–Trinajstić information content (AvgIpc) is 2.39. The van der Waals surface area contributed by atoms with Crippen LogP contribution < -0.4 is 5.32 Å². The van der Waals surface area contributed by atoms with Crippen LogP contribution in [0.5, 0.6) is 0 Å². The van der Waals surface area contributed by atoms with E-state index in [0.29, 0.717) is 6.04 Å². The lowest BCUT2D eigenvalue weighted by Crippen LogP contribution is -2.53. The number of carbonyl (C=O) groups excluding carboxylic acids is 1. The highest BCUT2D eigenvalue weighted by Gasteiger charge is 2.34. The zero-order valence-electron chi connectivity index (χ0n) is 14.7. The zero-order valence-corrected chi connectivity index (χ0v) is 14.7. The summed E-state index contributed by atoms with van der Waals surface area (Å²) in [6.07, 6.45) is 4.42. The third-order valence-corrected chi connectivity index (χ3v) is 4.64. The molecular weight excluding hydrogens is 264 g/mol. The van der Waals surface area contributed by atoms with Crippen molar-refractivity contribution < 1.29 is 9.53 Å². The number of rotatable bonds is 7. The third kappa shape index (κ3) is 5.59. The molecule has 1 N–H and O–H groups in total. The van der Waals surface area contributed by atoms with Gasteiger partial charge in [-0.05, 0) is 72.4 Å². The first-order chi connectivity index (χ1) is 9.78. The zero-order chi connectivity index (χ0) is 16.0. The van der Waals surface area contributed by atoms with Crippen molar-refractivity contribution >= 4 is 5.97 Å². The largest absolute Gasteiger partial charge is 0.468 e. The highest BCUT2D eigenvalue weighted by Crippen LogP contribution is 2.23. The molecule has 4 nitrogen and oxygen atoms in total. The van der Waals surface area contributed by atoms with Crippen LogP contribution in [-0.4, -0.2) is 48.7 Å². The van der Waals surface area contributed by atoms with Crippen LogP contribution in [0, 0.1) is 5.92 Å². The van der Waals surface area contributed by atoms with Gasteiger partial charge in [-0.1, -0.05) is 6.92 Å². The van der Waals surface area contributed by atoms with Crippen LogP contribution >= 0.6 is 0 Å². The molecule has 1 aliphatic heterocycles. The van der Waals surface area contributed by atoms with Crippen molar-refractivity contribution in [3.63, 3.8) is 0 Å². The van der Waals surface area contributed by atoms with Crippen molar-refractivity contribution in [2.24, 2.45) is 5.92 Å². The van der Waals surface area contributed by atoms with Crippen LogP contribution in [-0.2, 0) is 9.53 Å². The topological polar surface area (TPSA) is 41.6 Å². The van der Waals surface area contributed by atoms with Crippen molar-refractivity contribution in [2.45, 2.75) is 77.9 Å². The number of piperidine rings is 1. The van der Waals surface area contributed by atoms with E-state index >= 15 is 0 Å². The molecule has 0 amide bonds. The summed E-state index contributed by atoms with van der Waals surface area (Å²) in [6, 6.07) is 0.931. The Labute approximate surface area is 130 Å². The summed E-state index contributed by atoms with van der Waals surface area (Å²) in [6.45, 7) is 13.0. The Kier molecular flexibility index (Phi) is 7.14. The molecular formula is C17H34N2O2. The minimum atomic E-state index is -0.574. The normalized spacial score (nSPS) is 26.6. The number of hydrogen-bond acceptors (Lipinski definition) is 4. The van der Waals surface area contributed by atoms with E-state index in [4.69, 9.17) is 4.74 Å². The summed E-state index contributed by atoms with van der Waals surface area (Å²) >= 11 is 0. The monoisotopic (exact) mass is 298 g/mol. The van der Waals surface area contributed by atoms with Crippen LogP contribution in [0.15, 0.2) is 0 Å². The van der Waals surface area contributed by atoms with Gasteiger partial charge in [0.1, 0.15) is 5.54 Å². The summed E-state index contributed by atoms with van der Waals surface area (Å²) in [5, 5.41) is 3.37. The van der Waals surface area contributed by atoms with Gasteiger partial charge in [0, 0.05) is 12.1 Å². The van der Waals surface area contributed by atoms with E-state index in [0.717, 1.165) is 25.3 Å². The molecule has 0 aromatic carbocycles. The van der Waals surface area contributed by atoms with E-state index in [-0.39, 0.29) is 12.0 Å². The Hall–Kier alpha value is -0.610. The molecule has 21 heavy (non-hydrogen) atoms. The molecule has 1 fully saturated rings. The third-order valence-electron chi connectivity index (χ3n) is 4.64. The molecule has 1 saturated heterocycles. The number of nitrogens with zero attached hydrogens (tertiary/aromatic N) is 1. The molecule has 0 saturated carbocycles. The molecule has 1 rings (SSSR count). The molecule has 124 valence electrons. The standard InChI is InChI=1S/C17H34N2O2/c1-13(2)18-17(5,16(20)21-6)9-7-10-19-11-8-14(3)12-15(19)4/h13-15,18H,7-12H2,1-6H3. The Morgan fingerprint density at radius 3 is 2.62 bits per heavy atom. The first-order valence-corrected chi connectivity index (χ1v) is 8.38. The second-order valence-electron chi connectivity index (χ2n) is 7.24. The maximum atomic E-state index is 12.1. The van der Waals surface area contributed by atoms with Crippen molar-refractivity contribution in [1.82, 2.24) is 10.2 Å². The quantitative estimate of drug-likeness (QED) is 0.734. The SMILES string of the molecule is COC(=O)C(C)(CCCN1CCC(C)CC1C)NC(C)C. The maximum Gasteiger partial charge on any atom is 0.325 e. The summed E-state index contributed by atoms with van der Waals surface area (Å²) in [7, 11) is 1.47. The van der Waals surface area contributed by atoms with Crippen LogP contribution in [0.4, 0.5) is 0 Å². The molecule has 0 radical (unpaired) electrons. The van der Waals surface area contributed by atoms with Crippen molar-refractivity contribution in [3.8, 4) is 0 Å². The van der Waals surface area contributed by atoms with E-state index in [1.165, 1.54) is 26.5 Å². The lowest BCUT2D eigenvalue weighted by molar-refractivity contribution is -0.148. The van der Waals surface area contributed by atoms with E-state index < -0.39 is 5.54 Å². The van der Waals surface area contributed by atoms with Gasteiger partial charge >= 0.3 is 5.97 Å². The van der Waals surface area contributed by atoms with Crippen molar-refractivity contribution in [1.29, 1.82) is 0 Å². The minimum Gasteiger partial charge on any atom is -0.468 e. The summed E-state index contributed by atoms with van der Waals surface area (Å²) in [5.74, 6) is 0.690. The number of esters is 1. The number of hydrogen-bond donors (Lipinski definition) is 1. The number of likely N-dealkylation sites (tertiary alicyclic amines) is 1. The van der Waals surface area contributed by atoms with Gasteiger partial charge < -0.3 is 9.64 Å². The fraction of sp³-hybridized carbons (Fsp3) is 0.941. The van der Waals surface area contributed by atoms with Crippen molar-refractivity contribution in [2.75, 3.05) is 20.2 Å². The van der Waals surface area contributed by atoms with Gasteiger partial charge in [0.05, 0.1) is 7.11 Å². The fourth-order valence-electron chi connectivity index (χ4n) is 3.52. The van der Waals surface area contributed by atoms with Gasteiger partial charge in [0.2, 0.25) is 0 Å². The summed E-state index contributed by atoms with van der Waals surface area (Å²) in [4.78, 5) is 14.6. The van der Waals surface area contributed by atoms with Gasteiger partial charge in [0.25, 0.3) is 0 Å². The first kappa shape index (κ1) is 18.4. The molecule has 0 aromatic heterocycles. The molecule has 1 aliphatic rings. The number of nitrogens with one attached hydrogen (secondary N) is 1. The molecule has 0 aromatic rings. The van der Waals surface area contributed by atoms with Gasteiger partial charge in [-0.15, -0.1) is 0 Å². The Balaban J connectivity index is 2.48. The summed E-state index contributed by atoms with van der Waals surface area (Å²) < 4.78 is 4.98. The Morgan fingerprint density at radius 1 is 1.43 bits per heavy atom. The molecule has 3 atom stereocenters. The number of methoxy groups -OCH3 is 1. The first-order valence-electron chi connectivity index (χ1n) is 8.38. The molecule has 4 heteroatoms. The predicted molar refractivity (Wildman–Crippen MR) is 87.4 cm³/mol. The highest BCUT2D eigenvalue weighted by atomic mass is 16.5. The number of carbonyl (C=O) groups is 1. The van der Waals surface area contributed by atoms with Gasteiger partial charge in [-0.25, -0.2) is 0 Å². The smallest absolute Gasteiger partial charge is 0.325 e. The van der Waals surface area contributed by atoms with Gasteiger partial charge in [-0.3, -0.25) is 10.1 Å². The fourth-order valence-corrected chi connectivity index (χ4v) is 3.52. The minimum absolute atomic E-state index is 0.156. The second kappa shape index (κ2) is 8.14. The van der Waals surface area contributed by atoms with Crippen LogP contribution in [0.1, 0.15) is 60.3 Å². The van der Waals surface area contributed by atoms with E-state index in [9.17, 15) is 4.79 Å². The molecule has 0 aliphatic carbocycles. The average molecular weight is 298 g/mol. The van der Waals surface area contributed by atoms with Gasteiger partial charge in [-0.2, -0.15) is 0 Å². The lowest BCUT2D eigenvalue weighted by Gasteiger charge is -2.37. The molecule has 0 bridgehead atoms. The molecule has 0 spiro atoms. The highest BCUT2D eigenvalue weighted by molar-refractivity contribution is 5.80. The number of ether oxygens (including phenoxy) is 1. The maximum absolute atomic E-state index is 12.1. The second-order valence-corrected chi connectivity index (χ2v) is 7.24. The predicted octanol–water partition coefficient (Wildman–Crippen LogP) is 2.82. The molecule has 1 heterocycles. The van der Waals surface area contributed by atoms with Gasteiger partial charge in [0.15, 0.2) is 0 Å². The van der Waals surface area contributed by atoms with E-state index in [1.807, 2.05) is 6.92 Å². The lowest BCUT2D eigenvalue weighted by atomic mass is 9.91.